The van der Waals surface area contributed by atoms with Gasteiger partial charge >= 0.3 is 6.36 Å². The number of ether oxygens (including phenoxy) is 2. The minimum absolute atomic E-state index is 0.154. The Morgan fingerprint density at radius 2 is 1.44 bits per heavy atom. The van der Waals surface area contributed by atoms with Crippen molar-refractivity contribution in [2.75, 3.05) is 11.9 Å². The molecule has 9 heteroatoms. The fourth-order valence-electron chi connectivity index (χ4n) is 2.76. The first kappa shape index (κ1) is 22.7. The van der Waals surface area contributed by atoms with Crippen LogP contribution < -0.4 is 20.1 Å². The molecule has 0 saturated heterocycles. The molecular weight excluding hydrogens is 425 g/mol. The molecule has 2 amide bonds. The number of para-hydroxylation sites is 3. The first-order chi connectivity index (χ1) is 15.3. The number of alkyl halides is 3. The fraction of sp³-hybridized carbons (Fsp3) is 0.130. The third kappa shape index (κ3) is 6.76. The van der Waals surface area contributed by atoms with Gasteiger partial charge in [0.25, 0.3) is 11.8 Å². The Hall–Kier alpha value is -4.01. The first-order valence-corrected chi connectivity index (χ1v) is 9.50. The van der Waals surface area contributed by atoms with Crippen LogP contribution in [0.25, 0.3) is 0 Å². The zero-order valence-corrected chi connectivity index (χ0v) is 16.7. The predicted molar refractivity (Wildman–Crippen MR) is 111 cm³/mol. The molecule has 3 aromatic carbocycles. The Kier molecular flexibility index (Phi) is 7.33. The van der Waals surface area contributed by atoms with Crippen LogP contribution >= 0.6 is 0 Å². The molecule has 0 bridgehead atoms. The van der Waals surface area contributed by atoms with Crippen molar-refractivity contribution in [2.24, 2.45) is 0 Å². The lowest BCUT2D eigenvalue weighted by Crippen LogP contribution is -2.29. The summed E-state index contributed by atoms with van der Waals surface area (Å²) in [5, 5.41) is 5.20. The van der Waals surface area contributed by atoms with Crippen molar-refractivity contribution in [2.45, 2.75) is 12.9 Å². The Morgan fingerprint density at radius 3 is 2.16 bits per heavy atom. The van der Waals surface area contributed by atoms with Gasteiger partial charge in [-0.3, -0.25) is 9.59 Å². The third-order valence-electron chi connectivity index (χ3n) is 4.20. The molecule has 0 saturated carbocycles. The highest BCUT2D eigenvalue weighted by atomic mass is 19.4. The second-order valence-electron chi connectivity index (χ2n) is 6.54. The molecule has 32 heavy (non-hydrogen) atoms. The zero-order valence-electron chi connectivity index (χ0n) is 16.7. The largest absolute Gasteiger partial charge is 0.573 e. The summed E-state index contributed by atoms with van der Waals surface area (Å²) in [5.74, 6) is -1.20. The monoisotopic (exact) mass is 444 g/mol. The Labute approximate surface area is 182 Å². The van der Waals surface area contributed by atoms with Gasteiger partial charge in [0.05, 0.1) is 5.56 Å². The van der Waals surface area contributed by atoms with E-state index in [9.17, 15) is 22.8 Å². The summed E-state index contributed by atoms with van der Waals surface area (Å²) in [7, 11) is 0. The molecule has 0 fully saturated rings. The molecule has 6 nitrogen and oxygen atoms in total. The van der Waals surface area contributed by atoms with E-state index in [1.807, 2.05) is 6.07 Å². The standard InChI is InChI=1S/C23H19F3N2O4/c24-23(25,26)32-19-12-6-4-8-16(19)14-27-21(29)15-31-20-13-7-5-11-18(20)22(30)28-17-9-2-1-3-10-17/h1-13H,14-15H2,(H,27,29)(H,28,30). The average molecular weight is 444 g/mol. The van der Waals surface area contributed by atoms with Gasteiger partial charge < -0.3 is 20.1 Å². The number of amides is 2. The van der Waals surface area contributed by atoms with Crippen LogP contribution in [0.5, 0.6) is 11.5 Å². The molecule has 166 valence electrons. The lowest BCUT2D eigenvalue weighted by atomic mass is 10.2. The van der Waals surface area contributed by atoms with Gasteiger partial charge in [0, 0.05) is 17.8 Å². The van der Waals surface area contributed by atoms with Crippen LogP contribution in [0.4, 0.5) is 18.9 Å². The highest BCUT2D eigenvalue weighted by Gasteiger charge is 2.32. The van der Waals surface area contributed by atoms with Crippen LogP contribution in [-0.2, 0) is 11.3 Å². The van der Waals surface area contributed by atoms with E-state index in [1.54, 1.807) is 48.5 Å². The maximum Gasteiger partial charge on any atom is 0.573 e. The molecule has 0 heterocycles. The van der Waals surface area contributed by atoms with E-state index in [-0.39, 0.29) is 23.4 Å². The summed E-state index contributed by atoms with van der Waals surface area (Å²) in [6.07, 6.45) is -4.84. The van der Waals surface area contributed by atoms with E-state index < -0.39 is 30.5 Å². The van der Waals surface area contributed by atoms with Crippen molar-refractivity contribution < 1.29 is 32.2 Å². The number of hydrogen-bond acceptors (Lipinski definition) is 4. The van der Waals surface area contributed by atoms with Crippen LogP contribution in [0.3, 0.4) is 0 Å². The van der Waals surface area contributed by atoms with E-state index in [1.165, 1.54) is 18.2 Å². The Bertz CT molecular complexity index is 1070. The molecule has 3 aromatic rings. The Morgan fingerprint density at radius 1 is 0.812 bits per heavy atom. The van der Waals surface area contributed by atoms with Crippen molar-refractivity contribution in [1.29, 1.82) is 0 Å². The van der Waals surface area contributed by atoms with E-state index in [2.05, 4.69) is 15.4 Å². The number of rotatable bonds is 8. The molecule has 0 aliphatic carbocycles. The highest BCUT2D eigenvalue weighted by Crippen LogP contribution is 2.26. The highest BCUT2D eigenvalue weighted by molar-refractivity contribution is 6.06. The van der Waals surface area contributed by atoms with Crippen molar-refractivity contribution in [1.82, 2.24) is 5.32 Å². The van der Waals surface area contributed by atoms with Gasteiger partial charge in [-0.2, -0.15) is 0 Å². The molecule has 3 rings (SSSR count). The molecule has 0 aliphatic heterocycles. The molecule has 0 atom stereocenters. The second kappa shape index (κ2) is 10.3. The molecule has 0 spiro atoms. The number of nitrogens with one attached hydrogen (secondary N) is 2. The summed E-state index contributed by atoms with van der Waals surface area (Å²) >= 11 is 0. The molecule has 0 unspecified atom stereocenters. The molecule has 2 N–H and O–H groups in total. The summed E-state index contributed by atoms with van der Waals surface area (Å²) in [6.45, 7) is -0.623. The normalized spacial score (nSPS) is 10.8. The van der Waals surface area contributed by atoms with Gasteiger partial charge in [0.2, 0.25) is 0 Å². The number of halogens is 3. The number of carbonyl (C=O) groups is 2. The van der Waals surface area contributed by atoms with E-state index in [4.69, 9.17) is 4.74 Å². The van der Waals surface area contributed by atoms with Crippen LogP contribution in [0.2, 0.25) is 0 Å². The van der Waals surface area contributed by atoms with Crippen molar-refractivity contribution in [3.05, 3.63) is 90.0 Å². The van der Waals surface area contributed by atoms with Crippen LogP contribution in [0.15, 0.2) is 78.9 Å². The van der Waals surface area contributed by atoms with Crippen LogP contribution in [0.1, 0.15) is 15.9 Å². The first-order valence-electron chi connectivity index (χ1n) is 9.50. The smallest absolute Gasteiger partial charge is 0.483 e. The van der Waals surface area contributed by atoms with Gasteiger partial charge in [-0.1, -0.05) is 48.5 Å². The van der Waals surface area contributed by atoms with Crippen molar-refractivity contribution >= 4 is 17.5 Å². The number of benzene rings is 3. The van der Waals surface area contributed by atoms with E-state index >= 15 is 0 Å². The minimum Gasteiger partial charge on any atom is -0.483 e. The Balaban J connectivity index is 1.58. The molecular formula is C23H19F3N2O4. The maximum absolute atomic E-state index is 12.5. The summed E-state index contributed by atoms with van der Waals surface area (Å²) in [5.41, 5.74) is 0.985. The van der Waals surface area contributed by atoms with Gasteiger partial charge in [-0.15, -0.1) is 13.2 Å². The zero-order chi connectivity index (χ0) is 23.0. The van der Waals surface area contributed by atoms with Crippen molar-refractivity contribution in [3.63, 3.8) is 0 Å². The molecule has 0 radical (unpaired) electrons. The SMILES string of the molecule is O=C(COc1ccccc1C(=O)Nc1ccccc1)NCc1ccccc1OC(F)(F)F. The fourth-order valence-corrected chi connectivity index (χ4v) is 2.76. The van der Waals surface area contributed by atoms with Crippen LogP contribution in [-0.4, -0.2) is 24.8 Å². The average Bonchev–Trinajstić information content (AvgIpc) is 2.77. The maximum atomic E-state index is 12.5. The third-order valence-corrected chi connectivity index (χ3v) is 4.20. The van der Waals surface area contributed by atoms with E-state index in [0.29, 0.717) is 5.69 Å². The van der Waals surface area contributed by atoms with Gasteiger partial charge in [0.1, 0.15) is 11.5 Å². The quantitative estimate of drug-likeness (QED) is 0.535. The topological polar surface area (TPSA) is 76.7 Å². The molecule has 0 aliphatic rings. The number of anilines is 1. The van der Waals surface area contributed by atoms with Crippen LogP contribution in [0, 0.1) is 0 Å². The number of carbonyl (C=O) groups excluding carboxylic acids is 2. The second-order valence-corrected chi connectivity index (χ2v) is 6.54. The van der Waals surface area contributed by atoms with Gasteiger partial charge in [0.15, 0.2) is 6.61 Å². The minimum atomic E-state index is -4.84. The summed E-state index contributed by atoms with van der Waals surface area (Å²) in [4.78, 5) is 24.7. The summed E-state index contributed by atoms with van der Waals surface area (Å²) < 4.78 is 47.0. The van der Waals surface area contributed by atoms with Gasteiger partial charge in [-0.25, -0.2) is 0 Å². The summed E-state index contributed by atoms with van der Waals surface area (Å²) in [6, 6.07) is 20.7. The van der Waals surface area contributed by atoms with Crippen molar-refractivity contribution in [3.8, 4) is 11.5 Å². The van der Waals surface area contributed by atoms with E-state index in [0.717, 1.165) is 6.07 Å². The van der Waals surface area contributed by atoms with Gasteiger partial charge in [-0.05, 0) is 30.3 Å². The lowest BCUT2D eigenvalue weighted by Gasteiger charge is -2.14. The predicted octanol–water partition coefficient (Wildman–Crippen LogP) is 4.53. The lowest BCUT2D eigenvalue weighted by molar-refractivity contribution is -0.274. The number of hydrogen-bond donors (Lipinski definition) is 2. The molecule has 0 aromatic heterocycles.